The lowest BCUT2D eigenvalue weighted by Crippen LogP contribution is -2.33. The maximum absolute atomic E-state index is 12.1. The van der Waals surface area contributed by atoms with E-state index >= 15 is 0 Å². The number of hydrogen-bond acceptors (Lipinski definition) is 5. The third kappa shape index (κ3) is 5.61. The number of carbonyl (C=O) groups is 2. The fraction of sp³-hybridized carbons (Fsp3) is 0.562. The van der Waals surface area contributed by atoms with E-state index in [9.17, 15) is 9.59 Å². The van der Waals surface area contributed by atoms with Gasteiger partial charge in [0, 0.05) is 38.6 Å². The molecule has 1 aliphatic rings. The van der Waals surface area contributed by atoms with Gasteiger partial charge in [-0.15, -0.1) is 0 Å². The van der Waals surface area contributed by atoms with Crippen molar-refractivity contribution in [1.82, 2.24) is 20.5 Å². The van der Waals surface area contributed by atoms with Crippen LogP contribution in [-0.4, -0.2) is 68.1 Å². The van der Waals surface area contributed by atoms with Crippen LogP contribution in [0.1, 0.15) is 33.6 Å². The van der Waals surface area contributed by atoms with Gasteiger partial charge in [-0.05, 0) is 33.0 Å². The van der Waals surface area contributed by atoms with Crippen LogP contribution >= 0.6 is 0 Å². The topological polar surface area (TPSA) is 83.6 Å². The lowest BCUT2D eigenvalue weighted by atomic mass is 10.1. The monoisotopic (exact) mass is 320 g/mol. The second kappa shape index (κ2) is 8.59. The Hall–Kier alpha value is -1.99. The Morgan fingerprint density at radius 2 is 1.96 bits per heavy atom. The third-order valence-electron chi connectivity index (χ3n) is 3.62. The largest absolute Gasteiger partial charge is 0.376 e. The summed E-state index contributed by atoms with van der Waals surface area (Å²) in [6.07, 6.45) is 5.00. The molecule has 1 saturated heterocycles. The zero-order valence-corrected chi connectivity index (χ0v) is 13.7. The highest BCUT2D eigenvalue weighted by Gasteiger charge is 2.17. The van der Waals surface area contributed by atoms with Crippen molar-refractivity contribution in [3.05, 3.63) is 29.6 Å². The average molecular weight is 320 g/mol. The van der Waals surface area contributed by atoms with E-state index in [0.29, 0.717) is 24.2 Å². The quantitative estimate of drug-likeness (QED) is 0.754. The standard InChI is InChI=1S/C16H24N4O3/c1-20(2)6-5-18-15(21)12-8-13(10-17-9-12)16(22)19-11-14-4-3-7-23-14/h8-10,14H,3-7,11H2,1-2H3,(H,18,21)(H,19,22). The number of aromatic nitrogens is 1. The van der Waals surface area contributed by atoms with Gasteiger partial charge in [0.05, 0.1) is 17.2 Å². The molecule has 126 valence electrons. The molecule has 7 heteroatoms. The normalized spacial score (nSPS) is 17.3. The molecule has 0 spiro atoms. The zero-order chi connectivity index (χ0) is 16.7. The molecule has 2 rings (SSSR count). The van der Waals surface area contributed by atoms with E-state index < -0.39 is 0 Å². The molecule has 2 N–H and O–H groups in total. The molecule has 2 heterocycles. The molecular formula is C16H24N4O3. The molecule has 23 heavy (non-hydrogen) atoms. The van der Waals surface area contributed by atoms with E-state index in [0.717, 1.165) is 26.0 Å². The SMILES string of the molecule is CN(C)CCNC(=O)c1cncc(C(=O)NCC2CCCO2)c1. The van der Waals surface area contributed by atoms with Gasteiger partial charge in [0.1, 0.15) is 0 Å². The van der Waals surface area contributed by atoms with Crippen molar-refractivity contribution in [2.24, 2.45) is 0 Å². The number of hydrogen-bond donors (Lipinski definition) is 2. The van der Waals surface area contributed by atoms with Crippen molar-refractivity contribution in [3.63, 3.8) is 0 Å². The van der Waals surface area contributed by atoms with Gasteiger partial charge in [-0.3, -0.25) is 14.6 Å². The van der Waals surface area contributed by atoms with Gasteiger partial charge in [-0.2, -0.15) is 0 Å². The first-order chi connectivity index (χ1) is 11.1. The molecular weight excluding hydrogens is 296 g/mol. The highest BCUT2D eigenvalue weighted by Crippen LogP contribution is 2.11. The summed E-state index contributed by atoms with van der Waals surface area (Å²) in [7, 11) is 3.87. The first kappa shape index (κ1) is 17.4. The first-order valence-electron chi connectivity index (χ1n) is 7.84. The van der Waals surface area contributed by atoms with Crippen LogP contribution in [0.5, 0.6) is 0 Å². The summed E-state index contributed by atoms with van der Waals surface area (Å²) in [6, 6.07) is 1.56. The number of amides is 2. The summed E-state index contributed by atoms with van der Waals surface area (Å²) < 4.78 is 5.47. The summed E-state index contributed by atoms with van der Waals surface area (Å²) in [6.45, 7) is 2.53. The van der Waals surface area contributed by atoms with Crippen LogP contribution in [0.15, 0.2) is 18.5 Å². The van der Waals surface area contributed by atoms with Gasteiger partial charge in [0.15, 0.2) is 0 Å². The van der Waals surface area contributed by atoms with E-state index in [1.165, 1.54) is 12.4 Å². The molecule has 0 saturated carbocycles. The summed E-state index contributed by atoms with van der Waals surface area (Å²) in [5, 5.41) is 5.62. The van der Waals surface area contributed by atoms with E-state index in [-0.39, 0.29) is 17.9 Å². The highest BCUT2D eigenvalue weighted by molar-refractivity contribution is 5.99. The highest BCUT2D eigenvalue weighted by atomic mass is 16.5. The number of carbonyl (C=O) groups excluding carboxylic acids is 2. The molecule has 0 aromatic carbocycles. The van der Waals surface area contributed by atoms with Gasteiger partial charge in [-0.25, -0.2) is 0 Å². The Morgan fingerprint density at radius 3 is 2.57 bits per heavy atom. The lowest BCUT2D eigenvalue weighted by Gasteiger charge is -2.12. The maximum Gasteiger partial charge on any atom is 0.252 e. The molecule has 0 aliphatic carbocycles. The first-order valence-corrected chi connectivity index (χ1v) is 7.84. The van der Waals surface area contributed by atoms with Crippen LogP contribution in [-0.2, 0) is 4.74 Å². The second-order valence-corrected chi connectivity index (χ2v) is 5.87. The molecule has 7 nitrogen and oxygen atoms in total. The summed E-state index contributed by atoms with van der Waals surface area (Å²) >= 11 is 0. The average Bonchev–Trinajstić information content (AvgIpc) is 3.05. The predicted octanol–water partition coefficient (Wildman–Crippen LogP) is 0.282. The number of ether oxygens (including phenoxy) is 1. The van der Waals surface area contributed by atoms with Crippen molar-refractivity contribution in [2.45, 2.75) is 18.9 Å². The minimum absolute atomic E-state index is 0.0874. The van der Waals surface area contributed by atoms with E-state index in [4.69, 9.17) is 4.74 Å². The van der Waals surface area contributed by atoms with Crippen molar-refractivity contribution in [2.75, 3.05) is 40.3 Å². The Labute approximate surface area is 136 Å². The zero-order valence-electron chi connectivity index (χ0n) is 13.7. The Bertz CT molecular complexity index is 542. The number of nitrogens with zero attached hydrogens (tertiary/aromatic N) is 2. The molecule has 1 aromatic heterocycles. The van der Waals surface area contributed by atoms with Gasteiger partial charge >= 0.3 is 0 Å². The summed E-state index contributed by atoms with van der Waals surface area (Å²) in [5.74, 6) is -0.468. The van der Waals surface area contributed by atoms with Gasteiger partial charge in [-0.1, -0.05) is 0 Å². The van der Waals surface area contributed by atoms with E-state index in [2.05, 4.69) is 15.6 Å². The van der Waals surface area contributed by atoms with Crippen molar-refractivity contribution in [3.8, 4) is 0 Å². The Morgan fingerprint density at radius 1 is 1.26 bits per heavy atom. The fourth-order valence-corrected chi connectivity index (χ4v) is 2.30. The number of rotatable bonds is 7. The fourth-order valence-electron chi connectivity index (χ4n) is 2.30. The van der Waals surface area contributed by atoms with Crippen molar-refractivity contribution in [1.29, 1.82) is 0 Å². The summed E-state index contributed by atoms with van der Waals surface area (Å²) in [5.41, 5.74) is 0.761. The van der Waals surface area contributed by atoms with Crippen LogP contribution in [0.25, 0.3) is 0 Å². The molecule has 1 unspecified atom stereocenters. The Balaban J connectivity index is 1.87. The second-order valence-electron chi connectivity index (χ2n) is 5.87. The molecule has 2 amide bonds. The number of likely N-dealkylation sites (N-methyl/N-ethyl adjacent to an activating group) is 1. The van der Waals surface area contributed by atoms with Gasteiger partial charge in [0.2, 0.25) is 0 Å². The Kier molecular flexibility index (Phi) is 6.49. The van der Waals surface area contributed by atoms with Crippen LogP contribution in [0, 0.1) is 0 Å². The smallest absolute Gasteiger partial charge is 0.252 e. The van der Waals surface area contributed by atoms with E-state index in [1.807, 2.05) is 19.0 Å². The molecule has 1 atom stereocenters. The van der Waals surface area contributed by atoms with Crippen LogP contribution in [0.3, 0.4) is 0 Å². The van der Waals surface area contributed by atoms with Crippen molar-refractivity contribution >= 4 is 11.8 Å². The molecule has 0 bridgehead atoms. The van der Waals surface area contributed by atoms with Gasteiger partial charge in [0.25, 0.3) is 11.8 Å². The minimum Gasteiger partial charge on any atom is -0.376 e. The van der Waals surface area contributed by atoms with Crippen LogP contribution in [0.2, 0.25) is 0 Å². The number of pyridine rings is 1. The molecule has 1 aromatic rings. The lowest BCUT2D eigenvalue weighted by molar-refractivity contribution is 0.0857. The summed E-state index contributed by atoms with van der Waals surface area (Å²) in [4.78, 5) is 30.1. The van der Waals surface area contributed by atoms with Gasteiger partial charge < -0.3 is 20.3 Å². The predicted molar refractivity (Wildman–Crippen MR) is 86.4 cm³/mol. The van der Waals surface area contributed by atoms with Crippen LogP contribution < -0.4 is 10.6 Å². The van der Waals surface area contributed by atoms with Crippen molar-refractivity contribution < 1.29 is 14.3 Å². The van der Waals surface area contributed by atoms with E-state index in [1.54, 1.807) is 6.07 Å². The molecule has 1 aliphatic heterocycles. The third-order valence-corrected chi connectivity index (χ3v) is 3.62. The molecule has 1 fully saturated rings. The van der Waals surface area contributed by atoms with Crippen LogP contribution in [0.4, 0.5) is 0 Å². The maximum atomic E-state index is 12.1. The number of nitrogens with one attached hydrogen (secondary N) is 2. The molecule has 0 radical (unpaired) electrons. The minimum atomic E-state index is -0.240.